The summed E-state index contributed by atoms with van der Waals surface area (Å²) in [5.74, 6) is -2.62. The Kier molecular flexibility index (Phi) is 5.29. The topological polar surface area (TPSA) is 73.8 Å². The van der Waals surface area contributed by atoms with E-state index in [-0.39, 0.29) is 23.9 Å². The third-order valence-corrected chi connectivity index (χ3v) is 5.24. The largest absolute Gasteiger partial charge is 0.326 e. The molecule has 0 radical (unpaired) electrons. The van der Waals surface area contributed by atoms with Crippen molar-refractivity contribution < 1.29 is 22.8 Å². The predicted octanol–water partition coefficient (Wildman–Crippen LogP) is 2.45. The van der Waals surface area contributed by atoms with E-state index in [9.17, 15) is 22.8 Å². The molecule has 1 fully saturated rings. The fourth-order valence-electron chi connectivity index (χ4n) is 3.70. The van der Waals surface area contributed by atoms with Crippen molar-refractivity contribution in [3.8, 4) is 0 Å². The van der Waals surface area contributed by atoms with E-state index in [1.807, 2.05) is 4.90 Å². The Morgan fingerprint density at radius 2 is 1.83 bits per heavy atom. The zero-order valence-electron chi connectivity index (χ0n) is 15.9. The van der Waals surface area contributed by atoms with Gasteiger partial charge in [-0.1, -0.05) is 12.1 Å². The second kappa shape index (κ2) is 7.91. The van der Waals surface area contributed by atoms with Gasteiger partial charge in [-0.3, -0.25) is 19.5 Å². The number of carbonyl (C=O) groups is 2. The van der Waals surface area contributed by atoms with Gasteiger partial charge in [-0.15, -0.1) is 0 Å². The standard InChI is InChI=1S/C21H19F3N4O2/c22-14-3-1-2-13(10-14)19-20(30)27-21(26-19)6-8-28(9-7-21)12-18(29)25-17-11-15(23)4-5-16(17)24/h1-5,10-11H,6-9,12H2,(H,25,29)(H,27,30). The highest BCUT2D eigenvalue weighted by Crippen LogP contribution is 2.29. The van der Waals surface area contributed by atoms with Crippen molar-refractivity contribution in [2.24, 2.45) is 4.99 Å². The number of halogens is 3. The smallest absolute Gasteiger partial charge is 0.272 e. The molecule has 156 valence electrons. The number of rotatable bonds is 4. The number of nitrogens with one attached hydrogen (secondary N) is 2. The Bertz CT molecular complexity index is 1030. The molecule has 1 spiro atoms. The Morgan fingerprint density at radius 3 is 2.57 bits per heavy atom. The van der Waals surface area contributed by atoms with Gasteiger partial charge in [0.1, 0.15) is 28.8 Å². The van der Waals surface area contributed by atoms with Crippen molar-refractivity contribution in [1.82, 2.24) is 10.2 Å². The highest BCUT2D eigenvalue weighted by atomic mass is 19.1. The van der Waals surface area contributed by atoms with E-state index in [1.54, 1.807) is 6.07 Å². The molecular weight excluding hydrogens is 397 g/mol. The molecular formula is C21H19F3N4O2. The van der Waals surface area contributed by atoms with Crippen LogP contribution in [0.25, 0.3) is 0 Å². The first kappa shape index (κ1) is 20.1. The molecule has 2 aliphatic rings. The lowest BCUT2D eigenvalue weighted by molar-refractivity contribution is -0.119. The van der Waals surface area contributed by atoms with E-state index in [4.69, 9.17) is 0 Å². The van der Waals surface area contributed by atoms with Crippen LogP contribution in [0.5, 0.6) is 0 Å². The van der Waals surface area contributed by atoms with Gasteiger partial charge in [0.2, 0.25) is 5.91 Å². The van der Waals surface area contributed by atoms with Gasteiger partial charge < -0.3 is 10.6 Å². The van der Waals surface area contributed by atoms with Crippen LogP contribution in [0.3, 0.4) is 0 Å². The van der Waals surface area contributed by atoms with E-state index < -0.39 is 29.0 Å². The monoisotopic (exact) mass is 416 g/mol. The van der Waals surface area contributed by atoms with Gasteiger partial charge in [0.25, 0.3) is 5.91 Å². The Balaban J connectivity index is 1.37. The normalized spacial score (nSPS) is 18.2. The van der Waals surface area contributed by atoms with Gasteiger partial charge in [0.05, 0.1) is 12.2 Å². The molecule has 4 rings (SSSR count). The highest BCUT2D eigenvalue weighted by Gasteiger charge is 2.42. The molecule has 9 heteroatoms. The van der Waals surface area contributed by atoms with Gasteiger partial charge in [-0.05, 0) is 24.3 Å². The molecule has 1 saturated heterocycles. The molecule has 0 atom stereocenters. The molecule has 2 heterocycles. The van der Waals surface area contributed by atoms with Gasteiger partial charge in [0.15, 0.2) is 0 Å². The van der Waals surface area contributed by atoms with Crippen molar-refractivity contribution in [3.05, 3.63) is 65.5 Å². The van der Waals surface area contributed by atoms with Crippen LogP contribution in [0.1, 0.15) is 18.4 Å². The summed E-state index contributed by atoms with van der Waals surface area (Å²) in [5.41, 5.74) is -0.369. The quantitative estimate of drug-likeness (QED) is 0.804. The van der Waals surface area contributed by atoms with Crippen LogP contribution >= 0.6 is 0 Å². The summed E-state index contributed by atoms with van der Waals surface area (Å²) in [7, 11) is 0. The van der Waals surface area contributed by atoms with Gasteiger partial charge in [0, 0.05) is 37.6 Å². The SMILES string of the molecule is O=C(CN1CCC2(CC1)N=C(c1cccc(F)c1)C(=O)N2)Nc1cc(F)ccc1F. The molecule has 0 unspecified atom stereocenters. The lowest BCUT2D eigenvalue weighted by atomic mass is 9.98. The second-order valence-corrected chi connectivity index (χ2v) is 7.40. The summed E-state index contributed by atoms with van der Waals surface area (Å²) in [6.07, 6.45) is 0.943. The average molecular weight is 416 g/mol. The van der Waals surface area contributed by atoms with Crippen molar-refractivity contribution in [2.45, 2.75) is 18.5 Å². The van der Waals surface area contributed by atoms with Crippen LogP contribution in [0.4, 0.5) is 18.9 Å². The first-order chi connectivity index (χ1) is 14.3. The number of anilines is 1. The van der Waals surface area contributed by atoms with Crippen LogP contribution in [-0.4, -0.2) is 47.7 Å². The molecule has 0 bridgehead atoms. The fraction of sp³-hybridized carbons (Fsp3) is 0.286. The van der Waals surface area contributed by atoms with E-state index in [1.165, 1.54) is 18.2 Å². The molecule has 0 aromatic heterocycles. The number of hydrogen-bond donors (Lipinski definition) is 2. The summed E-state index contributed by atoms with van der Waals surface area (Å²) in [4.78, 5) is 31.0. The highest BCUT2D eigenvalue weighted by molar-refractivity contribution is 6.46. The lowest BCUT2D eigenvalue weighted by Crippen LogP contribution is -2.52. The van der Waals surface area contributed by atoms with E-state index >= 15 is 0 Å². The van der Waals surface area contributed by atoms with Crippen molar-refractivity contribution in [2.75, 3.05) is 25.0 Å². The van der Waals surface area contributed by atoms with Crippen LogP contribution in [-0.2, 0) is 9.59 Å². The summed E-state index contributed by atoms with van der Waals surface area (Å²) in [6.45, 7) is 0.943. The third kappa shape index (κ3) is 4.20. The average Bonchev–Trinajstić information content (AvgIpc) is 3.03. The molecule has 2 aliphatic heterocycles. The molecule has 0 aliphatic carbocycles. The zero-order chi connectivity index (χ0) is 21.3. The number of likely N-dealkylation sites (tertiary alicyclic amines) is 1. The molecule has 2 aromatic rings. The number of aliphatic imine (C=N–C) groups is 1. The van der Waals surface area contributed by atoms with Crippen LogP contribution in [0.15, 0.2) is 47.5 Å². The summed E-state index contributed by atoms with van der Waals surface area (Å²) in [6, 6.07) is 8.57. The maximum atomic E-state index is 13.7. The maximum Gasteiger partial charge on any atom is 0.272 e. The maximum absolute atomic E-state index is 13.7. The van der Waals surface area contributed by atoms with E-state index in [0.717, 1.165) is 18.2 Å². The van der Waals surface area contributed by atoms with Crippen LogP contribution in [0, 0.1) is 17.5 Å². The minimum absolute atomic E-state index is 0.000444. The number of hydrogen-bond acceptors (Lipinski definition) is 4. The minimum atomic E-state index is -0.777. The van der Waals surface area contributed by atoms with Gasteiger partial charge in [-0.25, -0.2) is 13.2 Å². The summed E-state index contributed by atoms with van der Waals surface area (Å²) < 4.78 is 40.4. The fourth-order valence-corrected chi connectivity index (χ4v) is 3.70. The number of piperidine rings is 1. The Labute approximate surface area is 170 Å². The molecule has 0 saturated carbocycles. The molecule has 6 nitrogen and oxygen atoms in total. The van der Waals surface area contributed by atoms with Crippen molar-refractivity contribution >= 4 is 23.2 Å². The second-order valence-electron chi connectivity index (χ2n) is 7.40. The van der Waals surface area contributed by atoms with E-state index in [0.29, 0.717) is 31.5 Å². The van der Waals surface area contributed by atoms with Crippen LogP contribution in [0.2, 0.25) is 0 Å². The number of carbonyl (C=O) groups excluding carboxylic acids is 2. The lowest BCUT2D eigenvalue weighted by Gasteiger charge is -2.36. The van der Waals surface area contributed by atoms with Crippen molar-refractivity contribution in [1.29, 1.82) is 0 Å². The first-order valence-corrected chi connectivity index (χ1v) is 9.49. The number of benzene rings is 2. The first-order valence-electron chi connectivity index (χ1n) is 9.49. The third-order valence-electron chi connectivity index (χ3n) is 5.24. The Morgan fingerprint density at radius 1 is 1.10 bits per heavy atom. The van der Waals surface area contributed by atoms with Crippen molar-refractivity contribution in [3.63, 3.8) is 0 Å². The zero-order valence-corrected chi connectivity index (χ0v) is 15.9. The predicted molar refractivity (Wildman–Crippen MR) is 104 cm³/mol. The molecule has 2 N–H and O–H groups in total. The number of amides is 2. The van der Waals surface area contributed by atoms with Crippen LogP contribution < -0.4 is 10.6 Å². The Hall–Kier alpha value is -3.20. The van der Waals surface area contributed by atoms with Gasteiger partial charge >= 0.3 is 0 Å². The van der Waals surface area contributed by atoms with Gasteiger partial charge in [-0.2, -0.15) is 0 Å². The molecule has 2 amide bonds. The summed E-state index contributed by atoms with van der Waals surface area (Å²) >= 11 is 0. The summed E-state index contributed by atoms with van der Waals surface area (Å²) in [5, 5.41) is 5.25. The molecule has 2 aromatic carbocycles. The number of nitrogens with zero attached hydrogens (tertiary/aromatic N) is 2. The molecule has 30 heavy (non-hydrogen) atoms. The minimum Gasteiger partial charge on any atom is -0.326 e. The van der Waals surface area contributed by atoms with E-state index in [2.05, 4.69) is 15.6 Å².